The summed E-state index contributed by atoms with van der Waals surface area (Å²) in [7, 11) is 0. The second-order valence-electron chi connectivity index (χ2n) is 5.93. The first kappa shape index (κ1) is 13.4. The zero-order valence-electron chi connectivity index (χ0n) is 11.1. The largest absolute Gasteiger partial charge is 0.480 e. The fraction of sp³-hybridized carbons (Fsp3) is 0.857. The summed E-state index contributed by atoms with van der Waals surface area (Å²) in [6.07, 6.45) is 6.79. The van der Waals surface area contributed by atoms with Gasteiger partial charge in [0.15, 0.2) is 0 Å². The second-order valence-corrected chi connectivity index (χ2v) is 5.93. The minimum absolute atomic E-state index is 0.0567. The maximum absolute atomic E-state index is 12.2. The Balaban J connectivity index is 1.95. The summed E-state index contributed by atoms with van der Waals surface area (Å²) < 4.78 is 0. The fourth-order valence-electron chi connectivity index (χ4n) is 3.25. The van der Waals surface area contributed by atoms with Crippen LogP contribution in [0.25, 0.3) is 0 Å². The summed E-state index contributed by atoms with van der Waals surface area (Å²) in [5.41, 5.74) is 0. The van der Waals surface area contributed by atoms with Gasteiger partial charge in [0.2, 0.25) is 5.91 Å². The van der Waals surface area contributed by atoms with Crippen molar-refractivity contribution in [3.8, 4) is 0 Å². The molecule has 2 fully saturated rings. The number of hydrogen-bond donors (Lipinski definition) is 1. The number of piperidine rings is 1. The van der Waals surface area contributed by atoms with Crippen LogP contribution in [0.4, 0.5) is 0 Å². The zero-order chi connectivity index (χ0) is 13.1. The fourth-order valence-corrected chi connectivity index (χ4v) is 3.25. The lowest BCUT2D eigenvalue weighted by Gasteiger charge is -2.36. The number of likely N-dealkylation sites (tertiary alicyclic amines) is 1. The lowest BCUT2D eigenvalue weighted by molar-refractivity contribution is -0.153. The summed E-state index contributed by atoms with van der Waals surface area (Å²) in [6.45, 7) is 2.68. The summed E-state index contributed by atoms with van der Waals surface area (Å²) in [5, 5.41) is 9.24. The van der Waals surface area contributed by atoms with Gasteiger partial charge in [-0.15, -0.1) is 0 Å². The van der Waals surface area contributed by atoms with E-state index in [4.69, 9.17) is 0 Å². The first-order valence-corrected chi connectivity index (χ1v) is 7.10. The van der Waals surface area contributed by atoms with Gasteiger partial charge in [-0.2, -0.15) is 0 Å². The van der Waals surface area contributed by atoms with Gasteiger partial charge in [-0.05, 0) is 37.5 Å². The molecular formula is C14H23NO3. The molecule has 102 valence electrons. The Morgan fingerprint density at radius 2 is 1.89 bits per heavy atom. The minimum atomic E-state index is -0.846. The normalized spacial score (nSPS) is 29.5. The van der Waals surface area contributed by atoms with Crippen LogP contribution in [0, 0.1) is 11.8 Å². The van der Waals surface area contributed by atoms with Crippen molar-refractivity contribution < 1.29 is 14.7 Å². The molecular weight excluding hydrogens is 230 g/mol. The Bertz CT molecular complexity index is 323. The molecule has 1 heterocycles. The molecule has 2 rings (SSSR count). The molecule has 0 spiro atoms. The van der Waals surface area contributed by atoms with Gasteiger partial charge in [-0.25, -0.2) is 4.79 Å². The van der Waals surface area contributed by atoms with E-state index in [-0.39, 0.29) is 5.91 Å². The van der Waals surface area contributed by atoms with Crippen molar-refractivity contribution in [1.82, 2.24) is 4.90 Å². The first-order valence-electron chi connectivity index (χ1n) is 7.10. The third-order valence-electron chi connectivity index (χ3n) is 4.41. The monoisotopic (exact) mass is 253 g/mol. The van der Waals surface area contributed by atoms with E-state index in [1.165, 1.54) is 12.8 Å². The molecule has 0 bridgehead atoms. The van der Waals surface area contributed by atoms with Crippen LogP contribution in [0.1, 0.15) is 51.9 Å². The van der Waals surface area contributed by atoms with Crippen molar-refractivity contribution in [2.24, 2.45) is 11.8 Å². The molecule has 0 radical (unpaired) electrons. The molecule has 0 aromatic carbocycles. The number of nitrogens with zero attached hydrogens (tertiary/aromatic N) is 1. The molecule has 2 atom stereocenters. The van der Waals surface area contributed by atoms with Crippen molar-refractivity contribution in [1.29, 1.82) is 0 Å². The van der Waals surface area contributed by atoms with Crippen molar-refractivity contribution in [2.75, 3.05) is 6.54 Å². The van der Waals surface area contributed by atoms with Gasteiger partial charge in [0.05, 0.1) is 0 Å². The molecule has 1 amide bonds. The Hall–Kier alpha value is -1.06. The first-order chi connectivity index (χ1) is 8.58. The van der Waals surface area contributed by atoms with E-state index < -0.39 is 12.0 Å². The van der Waals surface area contributed by atoms with Gasteiger partial charge < -0.3 is 10.0 Å². The standard InChI is InChI=1S/C14H23NO3/c1-10-6-7-15(12(8-10)14(17)18)13(16)9-11-4-2-3-5-11/h10-12H,2-9H2,1H3,(H,17,18). The number of aliphatic carboxylic acids is 1. The lowest BCUT2D eigenvalue weighted by Crippen LogP contribution is -2.50. The lowest BCUT2D eigenvalue weighted by atomic mass is 9.91. The van der Waals surface area contributed by atoms with Gasteiger partial charge >= 0.3 is 5.97 Å². The van der Waals surface area contributed by atoms with Crippen molar-refractivity contribution in [3.63, 3.8) is 0 Å². The summed E-state index contributed by atoms with van der Waals surface area (Å²) in [4.78, 5) is 25.1. The molecule has 0 aromatic rings. The SMILES string of the molecule is CC1CCN(C(=O)CC2CCCC2)C(C(=O)O)C1. The Morgan fingerprint density at radius 1 is 1.22 bits per heavy atom. The van der Waals surface area contributed by atoms with Crippen molar-refractivity contribution in [2.45, 2.75) is 57.9 Å². The topological polar surface area (TPSA) is 57.6 Å². The highest BCUT2D eigenvalue weighted by atomic mass is 16.4. The van der Waals surface area contributed by atoms with Crippen molar-refractivity contribution in [3.05, 3.63) is 0 Å². The van der Waals surface area contributed by atoms with E-state index in [0.29, 0.717) is 31.2 Å². The number of carbonyl (C=O) groups is 2. The van der Waals surface area contributed by atoms with Gasteiger partial charge in [0, 0.05) is 13.0 Å². The molecule has 0 aromatic heterocycles. The third-order valence-corrected chi connectivity index (χ3v) is 4.41. The average Bonchev–Trinajstić information content (AvgIpc) is 2.81. The molecule has 4 nitrogen and oxygen atoms in total. The predicted molar refractivity (Wildman–Crippen MR) is 68.1 cm³/mol. The van der Waals surface area contributed by atoms with E-state index in [1.807, 2.05) is 0 Å². The number of hydrogen-bond acceptors (Lipinski definition) is 2. The highest BCUT2D eigenvalue weighted by Gasteiger charge is 2.35. The van der Waals surface area contributed by atoms with Gasteiger partial charge in [0.25, 0.3) is 0 Å². The number of carbonyl (C=O) groups excluding carboxylic acids is 1. The minimum Gasteiger partial charge on any atom is -0.480 e. The van der Waals surface area contributed by atoms with E-state index in [1.54, 1.807) is 4.90 Å². The molecule has 1 saturated carbocycles. The van der Waals surface area contributed by atoms with Crippen molar-refractivity contribution >= 4 is 11.9 Å². The highest BCUT2D eigenvalue weighted by molar-refractivity contribution is 5.84. The highest BCUT2D eigenvalue weighted by Crippen LogP contribution is 2.30. The third kappa shape index (κ3) is 3.03. The molecule has 2 unspecified atom stereocenters. The Labute approximate surface area is 108 Å². The van der Waals surface area contributed by atoms with Gasteiger partial charge in [-0.1, -0.05) is 19.8 Å². The van der Waals surface area contributed by atoms with E-state index in [9.17, 15) is 14.7 Å². The Kier molecular flexibility index (Phi) is 4.25. The predicted octanol–water partition coefficient (Wildman–Crippen LogP) is 2.28. The van der Waals surface area contributed by atoms with E-state index >= 15 is 0 Å². The maximum Gasteiger partial charge on any atom is 0.326 e. The van der Waals surface area contributed by atoms with E-state index in [2.05, 4.69) is 6.92 Å². The molecule has 1 aliphatic carbocycles. The molecule has 4 heteroatoms. The summed E-state index contributed by atoms with van der Waals surface area (Å²) in [5.74, 6) is 0.107. The smallest absolute Gasteiger partial charge is 0.326 e. The van der Waals surface area contributed by atoms with Crippen LogP contribution in [-0.4, -0.2) is 34.5 Å². The quantitative estimate of drug-likeness (QED) is 0.839. The Morgan fingerprint density at radius 3 is 2.50 bits per heavy atom. The number of carboxylic acids is 1. The average molecular weight is 253 g/mol. The molecule has 1 N–H and O–H groups in total. The van der Waals surface area contributed by atoms with Gasteiger partial charge in [0.1, 0.15) is 6.04 Å². The van der Waals surface area contributed by atoms with Crippen LogP contribution in [0.15, 0.2) is 0 Å². The molecule has 2 aliphatic rings. The molecule has 18 heavy (non-hydrogen) atoms. The summed E-state index contributed by atoms with van der Waals surface area (Å²) in [6, 6.07) is -0.595. The van der Waals surface area contributed by atoms with Crippen LogP contribution in [-0.2, 0) is 9.59 Å². The zero-order valence-corrected chi connectivity index (χ0v) is 11.1. The van der Waals surface area contributed by atoms with Crippen LogP contribution in [0.5, 0.6) is 0 Å². The van der Waals surface area contributed by atoms with Crippen LogP contribution in [0.3, 0.4) is 0 Å². The maximum atomic E-state index is 12.2. The number of carboxylic acid groups (broad SMARTS) is 1. The van der Waals surface area contributed by atoms with Gasteiger partial charge in [-0.3, -0.25) is 4.79 Å². The number of amides is 1. The van der Waals surface area contributed by atoms with E-state index in [0.717, 1.165) is 19.3 Å². The number of rotatable bonds is 3. The second kappa shape index (κ2) is 5.72. The molecule has 1 saturated heterocycles. The van der Waals surface area contributed by atoms with Crippen LogP contribution < -0.4 is 0 Å². The van der Waals surface area contributed by atoms with Crippen LogP contribution in [0.2, 0.25) is 0 Å². The van der Waals surface area contributed by atoms with Crippen LogP contribution >= 0.6 is 0 Å². The molecule has 1 aliphatic heterocycles. The summed E-state index contributed by atoms with van der Waals surface area (Å²) >= 11 is 0.